The van der Waals surface area contributed by atoms with Gasteiger partial charge >= 0.3 is 6.18 Å². The maximum absolute atomic E-state index is 12.7. The van der Waals surface area contributed by atoms with Crippen LogP contribution in [-0.4, -0.2) is 28.1 Å². The molecule has 5 heteroatoms. The molecule has 0 saturated heterocycles. The van der Waals surface area contributed by atoms with Crippen molar-refractivity contribution in [3.05, 3.63) is 35.5 Å². The van der Waals surface area contributed by atoms with Crippen LogP contribution in [0.1, 0.15) is 79.1 Å². The molecule has 180 valence electrons. The van der Waals surface area contributed by atoms with E-state index in [0.29, 0.717) is 17.8 Å². The molecule has 0 radical (unpaired) electrons. The highest BCUT2D eigenvalue weighted by molar-refractivity contribution is 5.33. The number of alkyl halides is 3. The fourth-order valence-electron chi connectivity index (χ4n) is 7.81. The molecule has 0 aromatic rings. The zero-order chi connectivity index (χ0) is 23.5. The first-order chi connectivity index (χ1) is 14.8. The van der Waals surface area contributed by atoms with E-state index >= 15 is 0 Å². The van der Waals surface area contributed by atoms with Gasteiger partial charge in [-0.05, 0) is 85.9 Å². The molecule has 0 aromatic heterocycles. The van der Waals surface area contributed by atoms with Gasteiger partial charge in [0.1, 0.15) is 0 Å². The summed E-state index contributed by atoms with van der Waals surface area (Å²) in [6.45, 7) is 8.77. The average Bonchev–Trinajstić information content (AvgIpc) is 3.09. The first-order valence-corrected chi connectivity index (χ1v) is 12.4. The third-order valence-corrected chi connectivity index (χ3v) is 9.96. The molecule has 4 aliphatic carbocycles. The SMILES string of the molecule is CC[C@]1(O)CC[C@@]2(C)C(=CC[C@@H]3[C@@H]2CC[C@]2(C)C([C@H](C)/C=C/[C@@H](O)C(F)(F)F)=CC[C@@H]32)C1. The van der Waals surface area contributed by atoms with Crippen LogP contribution >= 0.6 is 0 Å². The molecular formula is C27H39F3O2. The third kappa shape index (κ3) is 3.81. The highest BCUT2D eigenvalue weighted by Crippen LogP contribution is 2.66. The number of fused-ring (bicyclic) bond motifs is 5. The minimum Gasteiger partial charge on any atom is -0.390 e. The molecular weight excluding hydrogens is 413 g/mol. The summed E-state index contributed by atoms with van der Waals surface area (Å²) in [5, 5.41) is 20.3. The molecule has 2 nitrogen and oxygen atoms in total. The second-order valence-corrected chi connectivity index (χ2v) is 11.5. The Hall–Kier alpha value is -1.07. The van der Waals surface area contributed by atoms with Gasteiger partial charge in [0, 0.05) is 0 Å². The molecule has 4 aliphatic rings. The average molecular weight is 453 g/mol. The fraction of sp³-hybridized carbons (Fsp3) is 0.778. The monoisotopic (exact) mass is 452 g/mol. The van der Waals surface area contributed by atoms with E-state index in [1.165, 1.54) is 17.2 Å². The lowest BCUT2D eigenvalue weighted by atomic mass is 9.46. The Bertz CT molecular complexity index is 827. The summed E-state index contributed by atoms with van der Waals surface area (Å²) in [6.07, 6.45) is 7.88. The number of allylic oxidation sites excluding steroid dienone is 4. The van der Waals surface area contributed by atoms with Gasteiger partial charge in [-0.1, -0.05) is 63.1 Å². The van der Waals surface area contributed by atoms with E-state index in [2.05, 4.69) is 32.9 Å². The molecule has 8 atom stereocenters. The topological polar surface area (TPSA) is 40.5 Å². The highest BCUT2D eigenvalue weighted by atomic mass is 19.4. The summed E-state index contributed by atoms with van der Waals surface area (Å²) in [5.41, 5.74) is 2.33. The lowest BCUT2D eigenvalue weighted by molar-refractivity contribution is -0.187. The van der Waals surface area contributed by atoms with Crippen LogP contribution in [0, 0.1) is 34.5 Å². The molecule has 0 amide bonds. The molecule has 0 aliphatic heterocycles. The zero-order valence-corrected chi connectivity index (χ0v) is 19.9. The Morgan fingerprint density at radius 2 is 1.78 bits per heavy atom. The van der Waals surface area contributed by atoms with Crippen LogP contribution in [0.15, 0.2) is 35.5 Å². The summed E-state index contributed by atoms with van der Waals surface area (Å²) in [6, 6.07) is 0. The fourth-order valence-corrected chi connectivity index (χ4v) is 7.81. The first kappa shape index (κ1) is 24.1. The Morgan fingerprint density at radius 3 is 2.44 bits per heavy atom. The second-order valence-electron chi connectivity index (χ2n) is 11.5. The maximum Gasteiger partial charge on any atom is 0.417 e. The van der Waals surface area contributed by atoms with Crippen molar-refractivity contribution in [1.29, 1.82) is 0 Å². The van der Waals surface area contributed by atoms with E-state index in [9.17, 15) is 23.4 Å². The summed E-state index contributed by atoms with van der Waals surface area (Å²) in [5.74, 6) is 1.60. The minimum absolute atomic E-state index is 0.00857. The van der Waals surface area contributed by atoms with Gasteiger partial charge < -0.3 is 10.2 Å². The molecule has 0 unspecified atom stereocenters. The lowest BCUT2D eigenvalue weighted by Crippen LogP contribution is -2.51. The van der Waals surface area contributed by atoms with Gasteiger partial charge in [0.05, 0.1) is 5.60 Å². The van der Waals surface area contributed by atoms with Crippen LogP contribution in [0.3, 0.4) is 0 Å². The Kier molecular flexibility index (Phi) is 6.02. The molecule has 32 heavy (non-hydrogen) atoms. The van der Waals surface area contributed by atoms with Crippen molar-refractivity contribution < 1.29 is 23.4 Å². The van der Waals surface area contributed by atoms with E-state index in [-0.39, 0.29) is 16.7 Å². The summed E-state index contributed by atoms with van der Waals surface area (Å²) in [7, 11) is 0. The van der Waals surface area contributed by atoms with E-state index in [0.717, 1.165) is 57.4 Å². The Morgan fingerprint density at radius 1 is 1.06 bits per heavy atom. The first-order valence-electron chi connectivity index (χ1n) is 12.4. The number of aliphatic hydroxyl groups excluding tert-OH is 1. The van der Waals surface area contributed by atoms with Gasteiger partial charge in [0.2, 0.25) is 0 Å². The van der Waals surface area contributed by atoms with Crippen molar-refractivity contribution >= 4 is 0 Å². The molecule has 2 saturated carbocycles. The smallest absolute Gasteiger partial charge is 0.390 e. The van der Waals surface area contributed by atoms with Crippen LogP contribution in [0.4, 0.5) is 13.2 Å². The third-order valence-electron chi connectivity index (χ3n) is 9.96. The molecule has 0 heterocycles. The summed E-state index contributed by atoms with van der Waals surface area (Å²) in [4.78, 5) is 0. The van der Waals surface area contributed by atoms with Crippen molar-refractivity contribution in [2.75, 3.05) is 0 Å². The summed E-state index contributed by atoms with van der Waals surface area (Å²) >= 11 is 0. The Balaban J connectivity index is 1.53. The van der Waals surface area contributed by atoms with Gasteiger partial charge in [0.15, 0.2) is 6.10 Å². The predicted octanol–water partition coefficient (Wildman–Crippen LogP) is 6.74. The second kappa shape index (κ2) is 8.01. The van der Waals surface area contributed by atoms with Gasteiger partial charge in [-0.25, -0.2) is 0 Å². The Labute approximate surface area is 190 Å². The minimum atomic E-state index is -4.61. The van der Waals surface area contributed by atoms with Gasteiger partial charge in [-0.3, -0.25) is 0 Å². The van der Waals surface area contributed by atoms with E-state index in [1.54, 1.807) is 0 Å². The molecule has 0 aromatic carbocycles. The van der Waals surface area contributed by atoms with Crippen molar-refractivity contribution in [2.45, 2.75) is 96.9 Å². The summed E-state index contributed by atoms with van der Waals surface area (Å²) < 4.78 is 38.1. The number of aliphatic hydroxyl groups is 2. The largest absolute Gasteiger partial charge is 0.417 e. The van der Waals surface area contributed by atoms with Crippen LogP contribution in [0.25, 0.3) is 0 Å². The quantitative estimate of drug-likeness (QED) is 0.464. The molecule has 0 bridgehead atoms. The molecule has 2 N–H and O–H groups in total. The van der Waals surface area contributed by atoms with Crippen molar-refractivity contribution in [2.24, 2.45) is 34.5 Å². The molecule has 0 spiro atoms. The van der Waals surface area contributed by atoms with Crippen LogP contribution in [0.5, 0.6) is 0 Å². The number of rotatable bonds is 4. The number of hydrogen-bond donors (Lipinski definition) is 2. The van der Waals surface area contributed by atoms with Gasteiger partial charge in [-0.15, -0.1) is 0 Å². The normalized spacial score (nSPS) is 43.7. The molecule has 4 rings (SSSR count). The van der Waals surface area contributed by atoms with E-state index < -0.39 is 17.9 Å². The maximum atomic E-state index is 12.7. The van der Waals surface area contributed by atoms with E-state index in [1.807, 2.05) is 6.92 Å². The van der Waals surface area contributed by atoms with Crippen molar-refractivity contribution in [3.63, 3.8) is 0 Å². The molecule has 2 fully saturated rings. The van der Waals surface area contributed by atoms with Crippen molar-refractivity contribution in [3.8, 4) is 0 Å². The van der Waals surface area contributed by atoms with Gasteiger partial charge in [-0.2, -0.15) is 13.2 Å². The highest BCUT2D eigenvalue weighted by Gasteiger charge is 2.57. The number of halogens is 3. The standard InChI is InChI=1S/C27H39F3O2/c1-5-26(32)15-14-24(3)18(16-26)7-8-19-21-10-9-20(25(21,4)13-12-22(19)24)17(2)6-11-23(31)27(28,29)30/h6-7,9,11,17,19,21-23,31-32H,5,8,10,12-16H2,1-4H3/b11-6+/t17-,19+,21+,22+,23-,24+,25-,26+/m1/s1. The van der Waals surface area contributed by atoms with Crippen molar-refractivity contribution in [1.82, 2.24) is 0 Å². The van der Waals surface area contributed by atoms with Crippen LogP contribution in [-0.2, 0) is 0 Å². The van der Waals surface area contributed by atoms with E-state index in [4.69, 9.17) is 0 Å². The lowest BCUT2D eigenvalue weighted by Gasteiger charge is -2.59. The van der Waals surface area contributed by atoms with Crippen LogP contribution < -0.4 is 0 Å². The predicted molar refractivity (Wildman–Crippen MR) is 121 cm³/mol. The van der Waals surface area contributed by atoms with Gasteiger partial charge in [0.25, 0.3) is 0 Å². The number of hydrogen-bond acceptors (Lipinski definition) is 2. The van der Waals surface area contributed by atoms with Crippen LogP contribution in [0.2, 0.25) is 0 Å². The zero-order valence-electron chi connectivity index (χ0n) is 19.9.